The lowest BCUT2D eigenvalue weighted by Crippen LogP contribution is -2.44. The topological polar surface area (TPSA) is 53.2 Å². The predicted octanol–water partition coefficient (Wildman–Crippen LogP) is 2.34. The fourth-order valence-corrected chi connectivity index (χ4v) is 2.77. The van der Waals surface area contributed by atoms with Crippen LogP contribution >= 0.6 is 0 Å². The Labute approximate surface area is 113 Å². The minimum Gasteiger partial charge on any atom is -0.338 e. The fourth-order valence-electron chi connectivity index (χ4n) is 2.77. The SMILES string of the molecule is CCC1(C)CCCN(C(=O)c2cc(C)[nH]c(=O)c2)C1. The molecule has 1 saturated heterocycles. The van der Waals surface area contributed by atoms with Crippen LogP contribution in [-0.4, -0.2) is 28.9 Å². The number of hydrogen-bond acceptors (Lipinski definition) is 2. The fraction of sp³-hybridized carbons (Fsp3) is 0.600. The molecular weight excluding hydrogens is 240 g/mol. The van der Waals surface area contributed by atoms with E-state index in [4.69, 9.17) is 0 Å². The maximum Gasteiger partial charge on any atom is 0.254 e. The number of nitrogens with one attached hydrogen (secondary N) is 1. The smallest absolute Gasteiger partial charge is 0.254 e. The van der Waals surface area contributed by atoms with E-state index < -0.39 is 0 Å². The quantitative estimate of drug-likeness (QED) is 0.889. The Morgan fingerprint density at radius 3 is 2.84 bits per heavy atom. The molecule has 2 heterocycles. The Bertz CT molecular complexity index is 535. The van der Waals surface area contributed by atoms with Gasteiger partial charge in [-0.25, -0.2) is 0 Å². The third kappa shape index (κ3) is 3.06. The molecule has 2 rings (SSSR count). The van der Waals surface area contributed by atoms with Crippen LogP contribution in [0.15, 0.2) is 16.9 Å². The van der Waals surface area contributed by atoms with E-state index in [1.165, 1.54) is 12.5 Å². The normalized spacial score (nSPS) is 23.4. The number of nitrogens with zero attached hydrogens (tertiary/aromatic N) is 1. The van der Waals surface area contributed by atoms with Gasteiger partial charge in [-0.05, 0) is 37.7 Å². The van der Waals surface area contributed by atoms with Crippen molar-refractivity contribution in [3.05, 3.63) is 33.7 Å². The molecule has 0 saturated carbocycles. The highest BCUT2D eigenvalue weighted by molar-refractivity contribution is 5.94. The molecule has 0 aromatic carbocycles. The molecule has 1 aliphatic rings. The zero-order valence-electron chi connectivity index (χ0n) is 12.0. The van der Waals surface area contributed by atoms with Gasteiger partial charge in [-0.15, -0.1) is 0 Å². The molecule has 1 unspecified atom stereocenters. The minimum absolute atomic E-state index is 0.0198. The van der Waals surface area contributed by atoms with Crippen LogP contribution in [0.2, 0.25) is 0 Å². The van der Waals surface area contributed by atoms with Crippen molar-refractivity contribution in [3.63, 3.8) is 0 Å². The summed E-state index contributed by atoms with van der Waals surface area (Å²) in [6.45, 7) is 7.78. The van der Waals surface area contributed by atoms with Gasteiger partial charge >= 0.3 is 0 Å². The van der Waals surface area contributed by atoms with Gasteiger partial charge in [0.15, 0.2) is 0 Å². The number of aromatic amines is 1. The number of H-pyrrole nitrogens is 1. The highest BCUT2D eigenvalue weighted by Crippen LogP contribution is 2.32. The van der Waals surface area contributed by atoms with Crippen molar-refractivity contribution in [1.82, 2.24) is 9.88 Å². The van der Waals surface area contributed by atoms with Crippen LogP contribution in [0.5, 0.6) is 0 Å². The van der Waals surface area contributed by atoms with Crippen molar-refractivity contribution in [3.8, 4) is 0 Å². The molecule has 104 valence electrons. The van der Waals surface area contributed by atoms with Crippen molar-refractivity contribution < 1.29 is 4.79 Å². The second kappa shape index (κ2) is 5.19. The standard InChI is InChI=1S/C15H22N2O2/c1-4-15(3)6-5-7-17(10-15)14(19)12-8-11(2)16-13(18)9-12/h8-9H,4-7,10H2,1-3H3,(H,16,18). The summed E-state index contributed by atoms with van der Waals surface area (Å²) in [5.41, 5.74) is 1.23. The Morgan fingerprint density at radius 2 is 2.21 bits per heavy atom. The molecule has 1 N–H and O–H groups in total. The second-order valence-electron chi connectivity index (χ2n) is 5.91. The van der Waals surface area contributed by atoms with Gasteiger partial charge < -0.3 is 9.88 Å². The average molecular weight is 262 g/mol. The molecule has 4 heteroatoms. The molecule has 1 aliphatic heterocycles. The van der Waals surface area contributed by atoms with Gasteiger partial charge in [-0.2, -0.15) is 0 Å². The van der Waals surface area contributed by atoms with Crippen LogP contribution < -0.4 is 5.56 Å². The summed E-state index contributed by atoms with van der Waals surface area (Å²) in [6, 6.07) is 3.15. The summed E-state index contributed by atoms with van der Waals surface area (Å²) in [7, 11) is 0. The summed E-state index contributed by atoms with van der Waals surface area (Å²) in [4.78, 5) is 28.5. The van der Waals surface area contributed by atoms with E-state index in [1.807, 2.05) is 4.90 Å². The number of piperidine rings is 1. The third-order valence-electron chi connectivity index (χ3n) is 4.15. The molecule has 0 bridgehead atoms. The van der Waals surface area contributed by atoms with Gasteiger partial charge in [0, 0.05) is 30.4 Å². The van der Waals surface area contributed by atoms with Crippen molar-refractivity contribution in [1.29, 1.82) is 0 Å². The zero-order valence-corrected chi connectivity index (χ0v) is 12.0. The number of carbonyl (C=O) groups is 1. The van der Waals surface area contributed by atoms with Gasteiger partial charge in [-0.1, -0.05) is 13.8 Å². The van der Waals surface area contributed by atoms with Crippen LogP contribution in [0, 0.1) is 12.3 Å². The van der Waals surface area contributed by atoms with Gasteiger partial charge in [0.05, 0.1) is 0 Å². The van der Waals surface area contributed by atoms with E-state index >= 15 is 0 Å². The molecule has 1 amide bonds. The Morgan fingerprint density at radius 1 is 1.47 bits per heavy atom. The summed E-state index contributed by atoms with van der Waals surface area (Å²) in [6.07, 6.45) is 3.28. The van der Waals surface area contributed by atoms with Crippen molar-refractivity contribution in [2.24, 2.45) is 5.41 Å². The first-order valence-electron chi connectivity index (χ1n) is 6.94. The van der Waals surface area contributed by atoms with E-state index in [-0.39, 0.29) is 16.9 Å². The lowest BCUT2D eigenvalue weighted by Gasteiger charge is -2.40. The average Bonchev–Trinajstić information content (AvgIpc) is 2.37. The maximum absolute atomic E-state index is 12.5. The number of aromatic nitrogens is 1. The van der Waals surface area contributed by atoms with Gasteiger partial charge in [-0.3, -0.25) is 9.59 Å². The number of amides is 1. The highest BCUT2D eigenvalue weighted by atomic mass is 16.2. The van der Waals surface area contributed by atoms with Gasteiger partial charge in [0.2, 0.25) is 5.56 Å². The zero-order chi connectivity index (χ0) is 14.0. The predicted molar refractivity (Wildman–Crippen MR) is 75.3 cm³/mol. The van der Waals surface area contributed by atoms with E-state index in [0.717, 1.165) is 31.6 Å². The first kappa shape index (κ1) is 13.8. The molecule has 1 aromatic heterocycles. The number of rotatable bonds is 2. The Balaban J connectivity index is 2.21. The highest BCUT2D eigenvalue weighted by Gasteiger charge is 2.32. The first-order valence-corrected chi connectivity index (χ1v) is 6.94. The number of likely N-dealkylation sites (tertiary alicyclic amines) is 1. The third-order valence-corrected chi connectivity index (χ3v) is 4.15. The summed E-state index contributed by atoms with van der Waals surface area (Å²) >= 11 is 0. The molecule has 19 heavy (non-hydrogen) atoms. The van der Waals surface area contributed by atoms with E-state index in [0.29, 0.717) is 5.56 Å². The van der Waals surface area contributed by atoms with Crippen LogP contribution in [-0.2, 0) is 0 Å². The molecule has 1 aromatic rings. The van der Waals surface area contributed by atoms with E-state index in [9.17, 15) is 9.59 Å². The number of pyridine rings is 1. The molecule has 0 radical (unpaired) electrons. The number of aryl methyl sites for hydroxylation is 1. The Hall–Kier alpha value is -1.58. The summed E-state index contributed by atoms with van der Waals surface area (Å²) in [5, 5.41) is 0. The van der Waals surface area contributed by atoms with Crippen LogP contribution in [0.25, 0.3) is 0 Å². The van der Waals surface area contributed by atoms with Crippen molar-refractivity contribution in [2.45, 2.75) is 40.0 Å². The minimum atomic E-state index is -0.210. The van der Waals surface area contributed by atoms with Crippen LogP contribution in [0.1, 0.15) is 49.2 Å². The van der Waals surface area contributed by atoms with E-state index in [1.54, 1.807) is 13.0 Å². The molecule has 0 spiro atoms. The number of hydrogen-bond donors (Lipinski definition) is 1. The summed E-state index contributed by atoms with van der Waals surface area (Å²) in [5.74, 6) is -0.0198. The summed E-state index contributed by atoms with van der Waals surface area (Å²) < 4.78 is 0. The van der Waals surface area contributed by atoms with Crippen molar-refractivity contribution >= 4 is 5.91 Å². The lowest BCUT2D eigenvalue weighted by atomic mass is 9.79. The molecule has 1 fully saturated rings. The first-order chi connectivity index (χ1) is 8.93. The van der Waals surface area contributed by atoms with Gasteiger partial charge in [0.25, 0.3) is 5.91 Å². The maximum atomic E-state index is 12.5. The number of carbonyl (C=O) groups excluding carboxylic acids is 1. The second-order valence-corrected chi connectivity index (χ2v) is 5.91. The Kier molecular flexibility index (Phi) is 3.78. The van der Waals surface area contributed by atoms with Gasteiger partial charge in [0.1, 0.15) is 0 Å². The lowest BCUT2D eigenvalue weighted by molar-refractivity contribution is 0.0542. The molecule has 4 nitrogen and oxygen atoms in total. The molecule has 1 atom stereocenters. The van der Waals surface area contributed by atoms with Crippen LogP contribution in [0.3, 0.4) is 0 Å². The van der Waals surface area contributed by atoms with Crippen LogP contribution in [0.4, 0.5) is 0 Å². The monoisotopic (exact) mass is 262 g/mol. The van der Waals surface area contributed by atoms with Crippen molar-refractivity contribution in [2.75, 3.05) is 13.1 Å². The molecular formula is C15H22N2O2. The van der Waals surface area contributed by atoms with E-state index in [2.05, 4.69) is 18.8 Å². The molecule has 0 aliphatic carbocycles. The largest absolute Gasteiger partial charge is 0.338 e.